The lowest BCUT2D eigenvalue weighted by Crippen LogP contribution is -2.36. The number of rotatable bonds is 3. The Bertz CT molecular complexity index is 834. The Kier molecular flexibility index (Phi) is 4.57. The molecule has 6 nitrogen and oxygen atoms in total. The summed E-state index contributed by atoms with van der Waals surface area (Å²) in [6.07, 6.45) is 3.74. The number of carboxylic acids is 1. The molecule has 1 aromatic heterocycles. The highest BCUT2D eigenvalue weighted by Gasteiger charge is 2.22. The number of aromatic nitrogens is 2. The number of carboxylic acid groups (broad SMARTS) is 1. The molecule has 1 saturated heterocycles. The molecule has 1 aliphatic heterocycles. The van der Waals surface area contributed by atoms with E-state index in [0.717, 1.165) is 30.6 Å². The molecule has 1 aromatic carbocycles. The van der Waals surface area contributed by atoms with Gasteiger partial charge in [-0.3, -0.25) is 4.79 Å². The lowest BCUT2D eigenvalue weighted by molar-refractivity contribution is 0.0696. The number of hydrogen-bond acceptors (Lipinski definition) is 4. The van der Waals surface area contributed by atoms with Gasteiger partial charge in [0.1, 0.15) is 5.02 Å². The number of halogens is 1. The van der Waals surface area contributed by atoms with Crippen molar-refractivity contribution in [2.24, 2.45) is 5.92 Å². The van der Waals surface area contributed by atoms with Crippen LogP contribution >= 0.6 is 11.6 Å². The van der Waals surface area contributed by atoms with Crippen LogP contribution in [0, 0.1) is 5.92 Å². The fourth-order valence-corrected chi connectivity index (χ4v) is 3.31. The van der Waals surface area contributed by atoms with E-state index < -0.39 is 11.5 Å². The fraction of sp³-hybridized carbons (Fsp3) is 0.353. The average Bonchev–Trinajstić information content (AvgIpc) is 2.57. The molecule has 0 spiro atoms. The monoisotopic (exact) mass is 347 g/mol. The summed E-state index contributed by atoms with van der Waals surface area (Å²) in [7, 11) is 0. The Labute approximate surface area is 144 Å². The Hall–Kier alpha value is -2.34. The molecule has 0 aliphatic carbocycles. The molecule has 0 bridgehead atoms. The van der Waals surface area contributed by atoms with Crippen molar-refractivity contribution in [3.8, 4) is 5.69 Å². The third-order valence-electron chi connectivity index (χ3n) is 4.26. The van der Waals surface area contributed by atoms with Crippen LogP contribution in [0.15, 0.2) is 35.3 Å². The van der Waals surface area contributed by atoms with Gasteiger partial charge >= 0.3 is 5.97 Å². The molecule has 24 heavy (non-hydrogen) atoms. The minimum Gasteiger partial charge on any atom is -0.478 e. The summed E-state index contributed by atoms with van der Waals surface area (Å²) in [5.41, 5.74) is 0.302. The molecule has 2 aromatic rings. The van der Waals surface area contributed by atoms with Crippen molar-refractivity contribution in [2.45, 2.75) is 19.8 Å². The predicted molar refractivity (Wildman–Crippen MR) is 92.4 cm³/mol. The smallest absolute Gasteiger partial charge is 0.337 e. The maximum atomic E-state index is 12.6. The number of anilines is 1. The van der Waals surface area contributed by atoms with Gasteiger partial charge in [0.25, 0.3) is 5.56 Å². The zero-order valence-corrected chi connectivity index (χ0v) is 14.0. The van der Waals surface area contributed by atoms with E-state index in [9.17, 15) is 14.7 Å². The second-order valence-corrected chi connectivity index (χ2v) is 6.45. The number of para-hydroxylation sites is 1. The Balaban J connectivity index is 2.06. The average molecular weight is 348 g/mol. The van der Waals surface area contributed by atoms with Crippen LogP contribution in [0.25, 0.3) is 5.69 Å². The number of nitrogens with zero attached hydrogens (tertiary/aromatic N) is 3. The van der Waals surface area contributed by atoms with Gasteiger partial charge in [0, 0.05) is 13.1 Å². The molecule has 0 radical (unpaired) electrons. The van der Waals surface area contributed by atoms with Gasteiger partial charge in [-0.25, -0.2) is 4.79 Å². The molecule has 0 amide bonds. The van der Waals surface area contributed by atoms with Crippen molar-refractivity contribution in [2.75, 3.05) is 18.0 Å². The van der Waals surface area contributed by atoms with E-state index in [4.69, 9.17) is 11.6 Å². The molecule has 1 atom stereocenters. The maximum Gasteiger partial charge on any atom is 0.337 e. The van der Waals surface area contributed by atoms with Gasteiger partial charge in [-0.2, -0.15) is 9.78 Å². The molecule has 1 unspecified atom stereocenters. The quantitative estimate of drug-likeness (QED) is 0.924. The van der Waals surface area contributed by atoms with Crippen molar-refractivity contribution in [1.29, 1.82) is 0 Å². The molecule has 3 rings (SSSR count). The zero-order valence-electron chi connectivity index (χ0n) is 13.3. The molecular formula is C17H18ClN3O3. The lowest BCUT2D eigenvalue weighted by atomic mass is 10.00. The SMILES string of the molecule is CC1CCCN(c2cnn(-c3ccccc3C(=O)O)c(=O)c2Cl)C1. The summed E-state index contributed by atoms with van der Waals surface area (Å²) in [6, 6.07) is 6.23. The van der Waals surface area contributed by atoms with Crippen molar-refractivity contribution < 1.29 is 9.90 Å². The van der Waals surface area contributed by atoms with E-state index in [2.05, 4.69) is 16.9 Å². The Morgan fingerprint density at radius 2 is 2.08 bits per heavy atom. The number of hydrogen-bond donors (Lipinski definition) is 1. The van der Waals surface area contributed by atoms with Gasteiger partial charge in [0.05, 0.1) is 23.1 Å². The van der Waals surface area contributed by atoms with Crippen LogP contribution in [-0.2, 0) is 0 Å². The Morgan fingerprint density at radius 1 is 1.33 bits per heavy atom. The van der Waals surface area contributed by atoms with Crippen molar-refractivity contribution in [1.82, 2.24) is 9.78 Å². The summed E-state index contributed by atoms with van der Waals surface area (Å²) in [5.74, 6) is -0.589. The maximum absolute atomic E-state index is 12.6. The van der Waals surface area contributed by atoms with Crippen LogP contribution < -0.4 is 10.5 Å². The number of aromatic carboxylic acids is 1. The highest BCUT2D eigenvalue weighted by molar-refractivity contribution is 6.33. The lowest BCUT2D eigenvalue weighted by Gasteiger charge is -2.32. The van der Waals surface area contributed by atoms with E-state index >= 15 is 0 Å². The molecular weight excluding hydrogens is 330 g/mol. The topological polar surface area (TPSA) is 75.4 Å². The Morgan fingerprint density at radius 3 is 2.79 bits per heavy atom. The van der Waals surface area contributed by atoms with Gasteiger partial charge in [-0.1, -0.05) is 30.7 Å². The van der Waals surface area contributed by atoms with E-state index in [1.807, 2.05) is 0 Å². The molecule has 7 heteroatoms. The summed E-state index contributed by atoms with van der Waals surface area (Å²) in [5, 5.41) is 13.5. The van der Waals surface area contributed by atoms with Crippen LogP contribution in [0.5, 0.6) is 0 Å². The molecule has 1 fully saturated rings. The van der Waals surface area contributed by atoms with Gasteiger partial charge in [-0.15, -0.1) is 0 Å². The normalized spacial score (nSPS) is 17.8. The minimum absolute atomic E-state index is 0.00233. The highest BCUT2D eigenvalue weighted by Crippen LogP contribution is 2.27. The summed E-state index contributed by atoms with van der Waals surface area (Å²) in [6.45, 7) is 3.83. The zero-order chi connectivity index (χ0) is 17.3. The number of piperidine rings is 1. The van der Waals surface area contributed by atoms with Gasteiger partial charge < -0.3 is 10.0 Å². The third-order valence-corrected chi connectivity index (χ3v) is 4.62. The van der Waals surface area contributed by atoms with Crippen molar-refractivity contribution >= 4 is 23.3 Å². The fourth-order valence-electron chi connectivity index (χ4n) is 3.06. The van der Waals surface area contributed by atoms with Gasteiger partial charge in [0.2, 0.25) is 0 Å². The van der Waals surface area contributed by atoms with Crippen LogP contribution in [0.3, 0.4) is 0 Å². The highest BCUT2D eigenvalue weighted by atomic mass is 35.5. The third kappa shape index (κ3) is 3.01. The molecule has 0 saturated carbocycles. The molecule has 1 aliphatic rings. The molecule has 1 N–H and O–H groups in total. The first-order valence-electron chi connectivity index (χ1n) is 7.84. The van der Waals surface area contributed by atoms with Crippen LogP contribution in [0.2, 0.25) is 5.02 Å². The number of carbonyl (C=O) groups is 1. The molecule has 2 heterocycles. The second-order valence-electron chi connectivity index (χ2n) is 6.08. The van der Waals surface area contributed by atoms with Crippen molar-refractivity contribution in [3.05, 3.63) is 51.4 Å². The van der Waals surface area contributed by atoms with E-state index in [-0.39, 0.29) is 16.3 Å². The van der Waals surface area contributed by atoms with Gasteiger partial charge in [0.15, 0.2) is 0 Å². The van der Waals surface area contributed by atoms with E-state index in [0.29, 0.717) is 11.6 Å². The summed E-state index contributed by atoms with van der Waals surface area (Å²) < 4.78 is 1.04. The van der Waals surface area contributed by atoms with Crippen LogP contribution in [0.1, 0.15) is 30.1 Å². The number of benzene rings is 1. The van der Waals surface area contributed by atoms with Crippen molar-refractivity contribution in [3.63, 3.8) is 0 Å². The standard InChI is InChI=1S/C17H18ClN3O3/c1-11-5-4-8-20(10-11)14-9-19-21(16(22)15(14)18)13-7-3-2-6-12(13)17(23)24/h2-3,6-7,9,11H,4-5,8,10H2,1H3,(H,23,24). The first kappa shape index (κ1) is 16.5. The van der Waals surface area contributed by atoms with Gasteiger partial charge in [-0.05, 0) is 30.9 Å². The predicted octanol–water partition coefficient (Wildman–Crippen LogP) is 2.82. The first-order valence-corrected chi connectivity index (χ1v) is 8.22. The molecule has 126 valence electrons. The van der Waals surface area contributed by atoms with E-state index in [1.54, 1.807) is 18.3 Å². The van der Waals surface area contributed by atoms with Crippen LogP contribution in [-0.4, -0.2) is 33.9 Å². The minimum atomic E-state index is -1.12. The summed E-state index contributed by atoms with van der Waals surface area (Å²) >= 11 is 6.30. The summed E-state index contributed by atoms with van der Waals surface area (Å²) in [4.78, 5) is 26.1. The van der Waals surface area contributed by atoms with E-state index in [1.165, 1.54) is 12.1 Å². The second kappa shape index (κ2) is 6.65. The first-order chi connectivity index (χ1) is 11.5. The largest absolute Gasteiger partial charge is 0.478 e. The van der Waals surface area contributed by atoms with Crippen LogP contribution in [0.4, 0.5) is 5.69 Å².